The minimum Gasteiger partial charge on any atom is -0.429 e. The van der Waals surface area contributed by atoms with Crippen LogP contribution in [0.3, 0.4) is 0 Å². The molecule has 0 bridgehead atoms. The predicted octanol–water partition coefficient (Wildman–Crippen LogP) is 12.0. The molecule has 5 rings (SSSR count). The minimum atomic E-state index is -4.51. The van der Waals surface area contributed by atoms with E-state index in [9.17, 15) is 13.2 Å². The molecule has 0 amide bonds. The Morgan fingerprint density at radius 2 is 1.04 bits per heavy atom. The monoisotopic (exact) mass is 636 g/mol. The van der Waals surface area contributed by atoms with Crippen LogP contribution >= 0.6 is 0 Å². The van der Waals surface area contributed by atoms with E-state index in [1.54, 1.807) is 24.3 Å². The van der Waals surface area contributed by atoms with Crippen LogP contribution in [0.15, 0.2) is 97.1 Å². The highest BCUT2D eigenvalue weighted by molar-refractivity contribution is 5.71. The van der Waals surface area contributed by atoms with E-state index < -0.39 is 46.5 Å². The SMILES string of the molecule is CCCCCCCc1ccc(-c2ccc(-c3cc(F)c(C(F)(F)Oc4ccc(-c5ccc(F)c(F)c5)c(F)c4)c(F)c3)cc2)cc1. The molecule has 0 radical (unpaired) electrons. The second kappa shape index (κ2) is 14.2. The molecule has 0 saturated heterocycles. The van der Waals surface area contributed by atoms with Gasteiger partial charge in [0, 0.05) is 11.6 Å². The number of benzene rings is 5. The molecule has 0 aliphatic heterocycles. The molecule has 0 aliphatic carbocycles. The maximum Gasteiger partial charge on any atom is 0.432 e. The molecule has 0 aromatic heterocycles. The third-order valence-electron chi connectivity index (χ3n) is 7.82. The third-order valence-corrected chi connectivity index (χ3v) is 7.82. The van der Waals surface area contributed by atoms with Gasteiger partial charge in [-0.2, -0.15) is 8.78 Å². The van der Waals surface area contributed by atoms with Crippen molar-refractivity contribution in [3.8, 4) is 39.1 Å². The fraction of sp³-hybridized carbons (Fsp3) is 0.211. The molecule has 0 heterocycles. The van der Waals surface area contributed by atoms with Crippen LogP contribution in [-0.2, 0) is 12.5 Å². The summed E-state index contributed by atoms with van der Waals surface area (Å²) in [5, 5.41) is 0. The average molecular weight is 637 g/mol. The second-order valence-electron chi connectivity index (χ2n) is 11.1. The Hall–Kier alpha value is -4.59. The van der Waals surface area contributed by atoms with Gasteiger partial charge in [0.15, 0.2) is 11.6 Å². The number of alkyl halides is 2. The standard InChI is InChI=1S/C38H31F7O/c1-2-3-4-5-6-7-24-8-10-25(11-9-24)26-12-14-27(15-13-26)29-21-35(42)37(36(43)22-29)38(44,45)46-30-17-18-31(33(40)23-30)28-16-19-32(39)34(41)20-28/h8-23H,2-7H2,1H3. The topological polar surface area (TPSA) is 9.23 Å². The van der Waals surface area contributed by atoms with Crippen molar-refractivity contribution >= 4 is 0 Å². The molecule has 238 valence electrons. The van der Waals surface area contributed by atoms with E-state index >= 15 is 17.6 Å². The number of aryl methyl sites for hydroxylation is 1. The van der Waals surface area contributed by atoms with Gasteiger partial charge in [0.05, 0.1) is 0 Å². The predicted molar refractivity (Wildman–Crippen MR) is 166 cm³/mol. The Morgan fingerprint density at radius 1 is 0.500 bits per heavy atom. The van der Waals surface area contributed by atoms with Gasteiger partial charge >= 0.3 is 6.11 Å². The van der Waals surface area contributed by atoms with Gasteiger partial charge in [0.1, 0.15) is 28.8 Å². The van der Waals surface area contributed by atoms with E-state index in [2.05, 4.69) is 23.8 Å². The van der Waals surface area contributed by atoms with Crippen molar-refractivity contribution in [2.45, 2.75) is 51.6 Å². The first-order valence-corrected chi connectivity index (χ1v) is 15.1. The van der Waals surface area contributed by atoms with Crippen molar-refractivity contribution in [3.63, 3.8) is 0 Å². The molecule has 0 spiro atoms. The quantitative estimate of drug-likeness (QED) is 0.0978. The summed E-state index contributed by atoms with van der Waals surface area (Å²) in [7, 11) is 0. The zero-order chi connectivity index (χ0) is 32.8. The van der Waals surface area contributed by atoms with E-state index in [-0.39, 0.29) is 16.7 Å². The average Bonchev–Trinajstić information content (AvgIpc) is 3.02. The van der Waals surface area contributed by atoms with E-state index in [1.165, 1.54) is 31.2 Å². The van der Waals surface area contributed by atoms with Crippen LogP contribution in [0.2, 0.25) is 0 Å². The van der Waals surface area contributed by atoms with Crippen molar-refractivity contribution < 1.29 is 35.5 Å². The molecule has 8 heteroatoms. The Balaban J connectivity index is 1.28. The first kappa shape index (κ1) is 32.8. The summed E-state index contributed by atoms with van der Waals surface area (Å²) in [6, 6.07) is 21.8. The molecule has 5 aromatic carbocycles. The summed E-state index contributed by atoms with van der Waals surface area (Å²) in [5.41, 5.74) is 1.68. The number of ether oxygens (including phenoxy) is 1. The fourth-order valence-electron chi connectivity index (χ4n) is 5.33. The lowest BCUT2D eigenvalue weighted by Crippen LogP contribution is -2.25. The largest absolute Gasteiger partial charge is 0.432 e. The zero-order valence-electron chi connectivity index (χ0n) is 25.0. The number of unbranched alkanes of at least 4 members (excludes halogenated alkanes) is 4. The molecule has 0 saturated carbocycles. The van der Waals surface area contributed by atoms with E-state index in [1.807, 2.05) is 12.1 Å². The van der Waals surface area contributed by atoms with Gasteiger partial charge < -0.3 is 4.74 Å². The Labute approximate surface area is 263 Å². The molecule has 0 N–H and O–H groups in total. The lowest BCUT2D eigenvalue weighted by molar-refractivity contribution is -0.189. The highest BCUT2D eigenvalue weighted by Gasteiger charge is 2.41. The lowest BCUT2D eigenvalue weighted by atomic mass is 9.97. The molecular formula is C38H31F7O. The number of hydrogen-bond acceptors (Lipinski definition) is 1. The molecular weight excluding hydrogens is 605 g/mol. The third kappa shape index (κ3) is 7.61. The summed E-state index contributed by atoms with van der Waals surface area (Å²) in [6.45, 7) is 2.19. The van der Waals surface area contributed by atoms with Crippen molar-refractivity contribution in [2.24, 2.45) is 0 Å². The van der Waals surface area contributed by atoms with Gasteiger partial charge in [-0.1, -0.05) is 87.2 Å². The molecule has 5 aromatic rings. The van der Waals surface area contributed by atoms with Crippen LogP contribution in [0.25, 0.3) is 33.4 Å². The number of rotatable bonds is 12. The van der Waals surface area contributed by atoms with Crippen molar-refractivity contribution in [1.29, 1.82) is 0 Å². The minimum absolute atomic E-state index is 0.0430. The van der Waals surface area contributed by atoms with Gasteiger partial charge in [-0.3, -0.25) is 0 Å². The Kier molecular flexibility index (Phi) is 10.1. The van der Waals surface area contributed by atoms with Crippen molar-refractivity contribution in [2.75, 3.05) is 0 Å². The first-order valence-electron chi connectivity index (χ1n) is 15.1. The lowest BCUT2D eigenvalue weighted by Gasteiger charge is -2.20. The van der Waals surface area contributed by atoms with Crippen molar-refractivity contribution in [1.82, 2.24) is 0 Å². The van der Waals surface area contributed by atoms with Crippen LogP contribution in [0.5, 0.6) is 5.75 Å². The van der Waals surface area contributed by atoms with Crippen LogP contribution in [0.4, 0.5) is 30.7 Å². The smallest absolute Gasteiger partial charge is 0.429 e. The second-order valence-corrected chi connectivity index (χ2v) is 11.1. The van der Waals surface area contributed by atoms with E-state index in [4.69, 9.17) is 0 Å². The normalized spacial score (nSPS) is 11.6. The van der Waals surface area contributed by atoms with Crippen LogP contribution in [0.1, 0.15) is 50.2 Å². The van der Waals surface area contributed by atoms with Crippen molar-refractivity contribution in [3.05, 3.63) is 137 Å². The summed E-state index contributed by atoms with van der Waals surface area (Å²) in [5.74, 6) is -7.27. The van der Waals surface area contributed by atoms with E-state index in [0.717, 1.165) is 66.4 Å². The molecule has 1 nitrogen and oxygen atoms in total. The highest BCUT2D eigenvalue weighted by Crippen LogP contribution is 2.38. The van der Waals surface area contributed by atoms with E-state index in [0.29, 0.717) is 11.6 Å². The van der Waals surface area contributed by atoms with Gasteiger partial charge in [-0.15, -0.1) is 0 Å². The maximum absolute atomic E-state index is 15.0. The highest BCUT2D eigenvalue weighted by atomic mass is 19.3. The zero-order valence-corrected chi connectivity index (χ0v) is 25.0. The summed E-state index contributed by atoms with van der Waals surface area (Å²) < 4.78 is 106. The molecule has 0 fully saturated rings. The van der Waals surface area contributed by atoms with Gasteiger partial charge in [0.25, 0.3) is 0 Å². The maximum atomic E-state index is 15.0. The Bertz CT molecular complexity index is 1780. The van der Waals surface area contributed by atoms with Gasteiger partial charge in [-0.05, 0) is 82.6 Å². The van der Waals surface area contributed by atoms with Gasteiger partial charge in [0.2, 0.25) is 0 Å². The van der Waals surface area contributed by atoms with Crippen LogP contribution < -0.4 is 4.74 Å². The molecule has 46 heavy (non-hydrogen) atoms. The Morgan fingerprint density at radius 3 is 1.63 bits per heavy atom. The summed E-state index contributed by atoms with van der Waals surface area (Å²) >= 11 is 0. The molecule has 0 unspecified atom stereocenters. The molecule has 0 atom stereocenters. The van der Waals surface area contributed by atoms with Crippen LogP contribution in [0, 0.1) is 29.1 Å². The van der Waals surface area contributed by atoms with Crippen LogP contribution in [-0.4, -0.2) is 0 Å². The first-order chi connectivity index (χ1) is 22.1. The number of hydrogen-bond donors (Lipinski definition) is 0. The fourth-order valence-corrected chi connectivity index (χ4v) is 5.33. The van der Waals surface area contributed by atoms with Gasteiger partial charge in [-0.25, -0.2) is 22.0 Å². The molecule has 0 aliphatic rings. The summed E-state index contributed by atoms with van der Waals surface area (Å²) in [6.07, 6.45) is 2.57. The summed E-state index contributed by atoms with van der Waals surface area (Å²) in [4.78, 5) is 0. The number of halogens is 7.